The lowest BCUT2D eigenvalue weighted by atomic mass is 10.1. The Morgan fingerprint density at radius 3 is 2.55 bits per heavy atom. The predicted octanol–water partition coefficient (Wildman–Crippen LogP) is 4.70. The van der Waals surface area contributed by atoms with Crippen LogP contribution >= 0.6 is 0 Å². The molecule has 6 heteroatoms. The maximum absolute atomic E-state index is 12.3. The van der Waals surface area contributed by atoms with Crippen molar-refractivity contribution in [2.75, 3.05) is 18.5 Å². The highest BCUT2D eigenvalue weighted by Crippen LogP contribution is 2.26. The van der Waals surface area contributed by atoms with Crippen molar-refractivity contribution in [3.8, 4) is 11.5 Å². The summed E-state index contributed by atoms with van der Waals surface area (Å²) in [6.45, 7) is 8.17. The highest BCUT2D eigenvalue weighted by atomic mass is 16.5. The smallest absolute Gasteiger partial charge is 0.338 e. The number of benzene rings is 2. The molecule has 0 bridgehead atoms. The van der Waals surface area contributed by atoms with Gasteiger partial charge in [-0.2, -0.15) is 0 Å². The number of esters is 1. The van der Waals surface area contributed by atoms with Crippen molar-refractivity contribution in [1.29, 1.82) is 0 Å². The van der Waals surface area contributed by atoms with Crippen LogP contribution in [0.25, 0.3) is 6.08 Å². The molecule has 0 fully saturated rings. The molecule has 2 rings (SSSR count). The number of nitrogens with one attached hydrogen (secondary N) is 1. The van der Waals surface area contributed by atoms with E-state index in [-0.39, 0.29) is 18.6 Å². The number of hydrogen-bond acceptors (Lipinski definition) is 5. The third-order valence-corrected chi connectivity index (χ3v) is 3.71. The van der Waals surface area contributed by atoms with Crippen molar-refractivity contribution in [3.05, 3.63) is 59.7 Å². The van der Waals surface area contributed by atoms with Crippen LogP contribution in [0.1, 0.15) is 43.6 Å². The fraction of sp³-hybridized carbons (Fsp3) is 0.304. The summed E-state index contributed by atoms with van der Waals surface area (Å²) in [7, 11) is 0. The minimum atomic E-state index is -0.435. The van der Waals surface area contributed by atoms with E-state index in [2.05, 4.69) is 5.32 Å². The molecule has 0 atom stereocenters. The molecule has 0 heterocycles. The van der Waals surface area contributed by atoms with E-state index < -0.39 is 5.97 Å². The highest BCUT2D eigenvalue weighted by molar-refractivity contribution is 6.03. The highest BCUT2D eigenvalue weighted by Gasteiger charge is 2.12. The minimum absolute atomic E-state index is 0.0760. The van der Waals surface area contributed by atoms with Gasteiger partial charge in [0.25, 0.3) is 0 Å². The summed E-state index contributed by atoms with van der Waals surface area (Å²) >= 11 is 0. The molecule has 1 N–H and O–H groups in total. The Labute approximate surface area is 171 Å². The molecule has 0 saturated heterocycles. The van der Waals surface area contributed by atoms with Gasteiger partial charge in [-0.1, -0.05) is 12.1 Å². The molecular weight excluding hydrogens is 370 g/mol. The first kappa shape index (κ1) is 22.0. The number of carbonyl (C=O) groups is 2. The maximum atomic E-state index is 12.3. The van der Waals surface area contributed by atoms with E-state index in [1.54, 1.807) is 31.2 Å². The van der Waals surface area contributed by atoms with Gasteiger partial charge < -0.3 is 19.5 Å². The Morgan fingerprint density at radius 2 is 1.86 bits per heavy atom. The van der Waals surface area contributed by atoms with Gasteiger partial charge in [0.1, 0.15) is 11.5 Å². The molecule has 0 aliphatic rings. The second-order valence-corrected chi connectivity index (χ2v) is 6.43. The van der Waals surface area contributed by atoms with Gasteiger partial charge in [-0.25, -0.2) is 4.79 Å². The number of anilines is 1. The summed E-state index contributed by atoms with van der Waals surface area (Å²) in [6, 6.07) is 12.3. The maximum Gasteiger partial charge on any atom is 0.338 e. The Bertz CT molecular complexity index is 873. The summed E-state index contributed by atoms with van der Waals surface area (Å²) in [5.74, 6) is 0.405. The zero-order chi connectivity index (χ0) is 21.2. The topological polar surface area (TPSA) is 73.9 Å². The Hall–Kier alpha value is -3.28. The lowest BCUT2D eigenvalue weighted by molar-refractivity contribution is -0.111. The molecule has 1 amide bonds. The Morgan fingerprint density at radius 1 is 1.07 bits per heavy atom. The van der Waals surface area contributed by atoms with Gasteiger partial charge in [0.05, 0.1) is 30.6 Å². The molecule has 0 aliphatic heterocycles. The monoisotopic (exact) mass is 397 g/mol. The van der Waals surface area contributed by atoms with Crippen LogP contribution in [-0.4, -0.2) is 31.2 Å². The zero-order valence-electron chi connectivity index (χ0n) is 17.2. The molecule has 2 aromatic carbocycles. The standard InChI is InChI=1S/C23H27NO5/c1-5-27-21-15-18(23(26)28-6-2)11-12-20(21)24-22(25)13-10-17-8-7-9-19(14-17)29-16(3)4/h7-16H,5-6H2,1-4H3,(H,24,25)/b13-10+. The summed E-state index contributed by atoms with van der Waals surface area (Å²) < 4.78 is 16.2. The summed E-state index contributed by atoms with van der Waals surface area (Å²) in [5, 5.41) is 2.78. The molecule has 154 valence electrons. The second-order valence-electron chi connectivity index (χ2n) is 6.43. The van der Waals surface area contributed by atoms with Gasteiger partial charge in [-0.05, 0) is 69.7 Å². The minimum Gasteiger partial charge on any atom is -0.492 e. The normalized spacial score (nSPS) is 10.8. The molecular formula is C23H27NO5. The van der Waals surface area contributed by atoms with Gasteiger partial charge in [-0.3, -0.25) is 4.79 Å². The number of rotatable bonds is 9. The van der Waals surface area contributed by atoms with Crippen molar-refractivity contribution in [2.24, 2.45) is 0 Å². The van der Waals surface area contributed by atoms with Gasteiger partial charge in [0.2, 0.25) is 5.91 Å². The number of carbonyl (C=O) groups excluding carboxylic acids is 2. The van der Waals surface area contributed by atoms with Crippen LogP contribution in [0.2, 0.25) is 0 Å². The SMILES string of the molecule is CCOC(=O)c1ccc(NC(=O)/C=C/c2cccc(OC(C)C)c2)c(OCC)c1. The predicted molar refractivity (Wildman–Crippen MR) is 113 cm³/mol. The molecule has 6 nitrogen and oxygen atoms in total. The lowest BCUT2D eigenvalue weighted by Crippen LogP contribution is -2.11. The zero-order valence-corrected chi connectivity index (χ0v) is 17.2. The Balaban J connectivity index is 2.11. The van der Waals surface area contributed by atoms with Crippen LogP contribution in [0, 0.1) is 0 Å². The van der Waals surface area contributed by atoms with Crippen LogP contribution in [0.4, 0.5) is 5.69 Å². The molecule has 0 saturated carbocycles. The first-order valence-corrected chi connectivity index (χ1v) is 9.62. The first-order chi connectivity index (χ1) is 13.9. The molecule has 0 radical (unpaired) electrons. The number of hydrogen-bond donors (Lipinski definition) is 1. The van der Waals surface area contributed by atoms with Crippen molar-refractivity contribution in [2.45, 2.75) is 33.8 Å². The van der Waals surface area contributed by atoms with Crippen molar-refractivity contribution in [3.63, 3.8) is 0 Å². The second kappa shape index (κ2) is 10.9. The summed E-state index contributed by atoms with van der Waals surface area (Å²) in [6.07, 6.45) is 3.21. The lowest BCUT2D eigenvalue weighted by Gasteiger charge is -2.12. The molecule has 2 aromatic rings. The van der Waals surface area contributed by atoms with E-state index in [0.29, 0.717) is 23.6 Å². The van der Waals surface area contributed by atoms with E-state index in [0.717, 1.165) is 11.3 Å². The van der Waals surface area contributed by atoms with Crippen molar-refractivity contribution >= 4 is 23.6 Å². The Kier molecular flexibility index (Phi) is 8.27. The quantitative estimate of drug-likeness (QED) is 0.490. The number of amides is 1. The van der Waals surface area contributed by atoms with E-state index >= 15 is 0 Å². The van der Waals surface area contributed by atoms with Gasteiger partial charge in [0, 0.05) is 6.08 Å². The fourth-order valence-electron chi connectivity index (χ4n) is 2.55. The van der Waals surface area contributed by atoms with E-state index in [1.165, 1.54) is 6.08 Å². The fourth-order valence-corrected chi connectivity index (χ4v) is 2.55. The van der Waals surface area contributed by atoms with Gasteiger partial charge in [-0.15, -0.1) is 0 Å². The van der Waals surface area contributed by atoms with Crippen LogP contribution in [0.5, 0.6) is 11.5 Å². The van der Waals surface area contributed by atoms with Crippen LogP contribution in [-0.2, 0) is 9.53 Å². The third-order valence-electron chi connectivity index (χ3n) is 3.71. The average Bonchev–Trinajstić information content (AvgIpc) is 2.68. The van der Waals surface area contributed by atoms with Gasteiger partial charge >= 0.3 is 5.97 Å². The van der Waals surface area contributed by atoms with E-state index in [4.69, 9.17) is 14.2 Å². The summed E-state index contributed by atoms with van der Waals surface area (Å²) in [5.41, 5.74) is 1.69. The van der Waals surface area contributed by atoms with E-state index in [9.17, 15) is 9.59 Å². The molecule has 0 aromatic heterocycles. The van der Waals surface area contributed by atoms with Crippen LogP contribution in [0.3, 0.4) is 0 Å². The third kappa shape index (κ3) is 6.99. The average molecular weight is 397 g/mol. The van der Waals surface area contributed by atoms with Gasteiger partial charge in [0.15, 0.2) is 0 Å². The first-order valence-electron chi connectivity index (χ1n) is 9.62. The van der Waals surface area contributed by atoms with Crippen LogP contribution < -0.4 is 14.8 Å². The van der Waals surface area contributed by atoms with Crippen molar-refractivity contribution in [1.82, 2.24) is 0 Å². The number of ether oxygens (including phenoxy) is 3. The van der Waals surface area contributed by atoms with E-state index in [1.807, 2.05) is 45.0 Å². The van der Waals surface area contributed by atoms with Crippen molar-refractivity contribution < 1.29 is 23.8 Å². The molecule has 0 spiro atoms. The molecule has 0 aliphatic carbocycles. The largest absolute Gasteiger partial charge is 0.492 e. The molecule has 0 unspecified atom stereocenters. The molecule has 29 heavy (non-hydrogen) atoms. The summed E-state index contributed by atoms with van der Waals surface area (Å²) in [4.78, 5) is 24.3. The van der Waals surface area contributed by atoms with Crippen LogP contribution in [0.15, 0.2) is 48.5 Å².